The minimum atomic E-state index is -0.513. The van der Waals surface area contributed by atoms with Crippen LogP contribution in [-0.2, 0) is 5.41 Å². The Hall–Kier alpha value is -1.20. The van der Waals surface area contributed by atoms with Crippen LogP contribution in [0.25, 0.3) is 0 Å². The minimum Gasteiger partial charge on any atom is -0.197 e. The number of rotatable bonds is 7. The Bertz CT molecular complexity index is 430. The molecular formula is C17H23NS. The van der Waals surface area contributed by atoms with Gasteiger partial charge in [0.2, 0.25) is 0 Å². The second-order valence-electron chi connectivity index (χ2n) is 5.03. The molecule has 1 atom stereocenters. The number of nitrogens with zero attached hydrogens (tertiary/aromatic N) is 1. The number of unbranched alkanes of at least 4 members (excludes halogenated alkanes) is 1. The molecule has 0 saturated heterocycles. The Labute approximate surface area is 121 Å². The maximum absolute atomic E-state index is 9.69. The van der Waals surface area contributed by atoms with Crippen LogP contribution in [0.5, 0.6) is 0 Å². The average Bonchev–Trinajstić information content (AvgIpc) is 2.44. The lowest BCUT2D eigenvalue weighted by Gasteiger charge is -2.27. The van der Waals surface area contributed by atoms with Crippen molar-refractivity contribution in [2.24, 2.45) is 5.92 Å². The molecule has 0 bridgehead atoms. The van der Waals surface area contributed by atoms with Gasteiger partial charge < -0.3 is 0 Å². The third-order valence-electron chi connectivity index (χ3n) is 3.39. The molecule has 0 spiro atoms. The van der Waals surface area contributed by atoms with Crippen molar-refractivity contribution in [3.8, 4) is 6.07 Å². The molecule has 1 rings (SSSR count). The fourth-order valence-electron chi connectivity index (χ4n) is 2.02. The third-order valence-corrected chi connectivity index (χ3v) is 4.24. The first-order chi connectivity index (χ1) is 9.17. The van der Waals surface area contributed by atoms with Gasteiger partial charge in [-0.15, -0.1) is 11.8 Å². The van der Waals surface area contributed by atoms with Gasteiger partial charge in [0.1, 0.15) is 5.41 Å². The molecule has 0 saturated carbocycles. The van der Waals surface area contributed by atoms with Gasteiger partial charge in [-0.1, -0.05) is 63.6 Å². The molecule has 0 aliphatic heterocycles. The van der Waals surface area contributed by atoms with Crippen LogP contribution in [0.3, 0.4) is 0 Å². The molecule has 0 aliphatic rings. The Morgan fingerprint density at radius 1 is 1.32 bits per heavy atom. The van der Waals surface area contributed by atoms with Crippen LogP contribution in [0.2, 0.25) is 0 Å². The van der Waals surface area contributed by atoms with E-state index < -0.39 is 5.41 Å². The van der Waals surface area contributed by atoms with Crippen molar-refractivity contribution < 1.29 is 0 Å². The van der Waals surface area contributed by atoms with Gasteiger partial charge in [0, 0.05) is 0 Å². The maximum atomic E-state index is 9.69. The quantitative estimate of drug-likeness (QED) is 0.641. The van der Waals surface area contributed by atoms with Crippen LogP contribution >= 0.6 is 11.8 Å². The molecular weight excluding hydrogens is 250 g/mol. The van der Waals surface area contributed by atoms with E-state index in [0.717, 1.165) is 11.3 Å². The van der Waals surface area contributed by atoms with E-state index >= 15 is 0 Å². The highest BCUT2D eigenvalue weighted by molar-refractivity contribution is 8.02. The van der Waals surface area contributed by atoms with Gasteiger partial charge in [-0.25, -0.2) is 0 Å². The van der Waals surface area contributed by atoms with E-state index in [0.29, 0.717) is 0 Å². The van der Waals surface area contributed by atoms with Crippen molar-refractivity contribution in [3.05, 3.63) is 47.4 Å². The molecule has 1 aromatic carbocycles. The predicted molar refractivity (Wildman–Crippen MR) is 85.1 cm³/mol. The van der Waals surface area contributed by atoms with Crippen LogP contribution in [0, 0.1) is 17.2 Å². The molecule has 1 aromatic rings. The van der Waals surface area contributed by atoms with Gasteiger partial charge in [-0.3, -0.25) is 0 Å². The van der Waals surface area contributed by atoms with Crippen molar-refractivity contribution in [2.45, 2.75) is 39.0 Å². The maximum Gasteiger partial charge on any atom is 0.103 e. The summed E-state index contributed by atoms with van der Waals surface area (Å²) in [5, 5.41) is 11.8. The normalized spacial score (nSPS) is 14.5. The van der Waals surface area contributed by atoms with Gasteiger partial charge >= 0.3 is 0 Å². The lowest BCUT2D eigenvalue weighted by atomic mass is 9.73. The van der Waals surface area contributed by atoms with E-state index in [-0.39, 0.29) is 5.92 Å². The summed E-state index contributed by atoms with van der Waals surface area (Å²) in [4.78, 5) is 0. The molecule has 19 heavy (non-hydrogen) atoms. The first-order valence-corrected chi connectivity index (χ1v) is 7.98. The van der Waals surface area contributed by atoms with Crippen LogP contribution in [0.1, 0.15) is 39.2 Å². The lowest BCUT2D eigenvalue weighted by molar-refractivity contribution is 0.479. The van der Waals surface area contributed by atoms with Gasteiger partial charge in [-0.2, -0.15) is 5.26 Å². The fourth-order valence-corrected chi connectivity index (χ4v) is 2.92. The number of benzene rings is 1. The van der Waals surface area contributed by atoms with Crippen LogP contribution in [0.15, 0.2) is 41.8 Å². The predicted octanol–water partition coefficient (Wildman–Crippen LogP) is 5.15. The van der Waals surface area contributed by atoms with E-state index in [1.54, 1.807) is 11.8 Å². The van der Waals surface area contributed by atoms with Gasteiger partial charge in [0.25, 0.3) is 0 Å². The van der Waals surface area contributed by atoms with Crippen molar-refractivity contribution >= 4 is 11.8 Å². The number of nitriles is 1. The number of hydrogen-bond donors (Lipinski definition) is 0. The third kappa shape index (κ3) is 4.14. The van der Waals surface area contributed by atoms with E-state index in [1.807, 2.05) is 30.3 Å². The highest BCUT2D eigenvalue weighted by atomic mass is 32.2. The van der Waals surface area contributed by atoms with E-state index in [9.17, 15) is 5.26 Å². The molecule has 102 valence electrons. The van der Waals surface area contributed by atoms with Gasteiger partial charge in [0.05, 0.1) is 6.07 Å². The standard InChI is InChI=1S/C17H23NS/c1-4-5-12-19-13-11-17(14-18,15(2)3)16-9-7-6-8-10-16/h6-11,13,15H,4-5,12H2,1-3H3/b13-11+. The highest BCUT2D eigenvalue weighted by Crippen LogP contribution is 2.34. The van der Waals surface area contributed by atoms with Crippen LogP contribution < -0.4 is 0 Å². The zero-order valence-electron chi connectivity index (χ0n) is 12.1. The monoisotopic (exact) mass is 273 g/mol. The molecule has 0 aliphatic carbocycles. The molecule has 2 heteroatoms. The number of thioether (sulfide) groups is 1. The van der Waals surface area contributed by atoms with Crippen LogP contribution in [-0.4, -0.2) is 5.75 Å². The van der Waals surface area contributed by atoms with E-state index in [1.165, 1.54) is 12.8 Å². The molecule has 0 aromatic heterocycles. The summed E-state index contributed by atoms with van der Waals surface area (Å²) in [6, 6.07) is 12.6. The zero-order valence-corrected chi connectivity index (χ0v) is 12.9. The Morgan fingerprint density at radius 2 is 2.00 bits per heavy atom. The molecule has 1 unspecified atom stereocenters. The first kappa shape index (κ1) is 15.9. The van der Waals surface area contributed by atoms with E-state index in [2.05, 4.69) is 38.3 Å². The largest absolute Gasteiger partial charge is 0.197 e. The molecule has 0 amide bonds. The highest BCUT2D eigenvalue weighted by Gasteiger charge is 2.32. The van der Waals surface area contributed by atoms with Gasteiger partial charge in [0.15, 0.2) is 0 Å². The van der Waals surface area contributed by atoms with Crippen molar-refractivity contribution in [1.82, 2.24) is 0 Å². The van der Waals surface area contributed by atoms with Gasteiger partial charge in [-0.05, 0) is 29.1 Å². The molecule has 1 nitrogen and oxygen atoms in total. The molecule has 0 fully saturated rings. The topological polar surface area (TPSA) is 23.8 Å². The molecule has 0 radical (unpaired) electrons. The Morgan fingerprint density at radius 3 is 2.53 bits per heavy atom. The first-order valence-electron chi connectivity index (χ1n) is 6.93. The number of hydrogen-bond acceptors (Lipinski definition) is 2. The Kier molecular flexibility index (Phi) is 6.73. The minimum absolute atomic E-state index is 0.253. The SMILES string of the molecule is CCCCS/C=C/C(C#N)(c1ccccc1)C(C)C. The molecule has 0 heterocycles. The van der Waals surface area contributed by atoms with E-state index in [4.69, 9.17) is 0 Å². The summed E-state index contributed by atoms with van der Waals surface area (Å²) < 4.78 is 0. The summed E-state index contributed by atoms with van der Waals surface area (Å²) in [5.41, 5.74) is 0.570. The summed E-state index contributed by atoms with van der Waals surface area (Å²) in [6.45, 7) is 6.41. The second-order valence-corrected chi connectivity index (χ2v) is 6.04. The fraction of sp³-hybridized carbons (Fsp3) is 0.471. The summed E-state index contributed by atoms with van der Waals surface area (Å²) in [6.07, 6.45) is 4.52. The van der Waals surface area contributed by atoms with Crippen molar-refractivity contribution in [1.29, 1.82) is 5.26 Å². The average molecular weight is 273 g/mol. The van der Waals surface area contributed by atoms with Crippen molar-refractivity contribution in [3.63, 3.8) is 0 Å². The van der Waals surface area contributed by atoms with Crippen LogP contribution in [0.4, 0.5) is 0 Å². The second kappa shape index (κ2) is 8.07. The summed E-state index contributed by atoms with van der Waals surface area (Å²) >= 11 is 1.80. The van der Waals surface area contributed by atoms with Crippen molar-refractivity contribution in [2.75, 3.05) is 5.75 Å². The zero-order chi connectivity index (χ0) is 14.1. The number of allylic oxidation sites excluding steroid dienone is 1. The lowest BCUT2D eigenvalue weighted by Crippen LogP contribution is -2.28. The Balaban J connectivity index is 2.92. The molecule has 0 N–H and O–H groups in total. The smallest absolute Gasteiger partial charge is 0.103 e. The summed E-state index contributed by atoms with van der Waals surface area (Å²) in [7, 11) is 0. The summed E-state index contributed by atoms with van der Waals surface area (Å²) in [5.74, 6) is 1.38.